The molecular weight excluding hydrogens is 258 g/mol. The second kappa shape index (κ2) is 5.62. The Kier molecular flexibility index (Phi) is 4.02. The highest BCUT2D eigenvalue weighted by Gasteiger charge is 2.49. The van der Waals surface area contributed by atoms with E-state index in [9.17, 15) is 15.3 Å². The van der Waals surface area contributed by atoms with Crippen molar-refractivity contribution in [2.24, 2.45) is 22.7 Å². The molecule has 2 aliphatic carbocycles. The summed E-state index contributed by atoms with van der Waals surface area (Å²) in [5.41, 5.74) is 0. The molecule has 20 heavy (non-hydrogen) atoms. The van der Waals surface area contributed by atoms with Crippen molar-refractivity contribution in [1.29, 1.82) is 0 Å². The summed E-state index contributed by atoms with van der Waals surface area (Å²) in [4.78, 5) is 4.59. The fraction of sp³-hybridized carbons (Fsp3) is 0.933. The first-order valence-corrected chi connectivity index (χ1v) is 7.87. The molecule has 114 valence electrons. The average molecular weight is 283 g/mol. The maximum Gasteiger partial charge on any atom is 0.187 e. The van der Waals surface area contributed by atoms with Crippen molar-refractivity contribution in [3.05, 3.63) is 0 Å². The number of ether oxygens (including phenoxy) is 1. The lowest BCUT2D eigenvalue weighted by molar-refractivity contribution is -0.0951. The molecule has 1 aliphatic heterocycles. The SMILES string of the molecule is CCC(C1=N[C@@H]2[C@@H](O)[C@H](O)[C@@H](CO)C[C@@H]2O1)C1CCC1. The van der Waals surface area contributed by atoms with Crippen LogP contribution in [0, 0.1) is 17.8 Å². The molecule has 0 radical (unpaired) electrons. The van der Waals surface area contributed by atoms with Gasteiger partial charge in [0.2, 0.25) is 0 Å². The van der Waals surface area contributed by atoms with E-state index in [-0.39, 0.29) is 24.7 Å². The van der Waals surface area contributed by atoms with Gasteiger partial charge in [0.05, 0.1) is 6.10 Å². The fourth-order valence-electron chi connectivity index (χ4n) is 3.81. The Morgan fingerprint density at radius 1 is 1.30 bits per heavy atom. The number of hydrogen-bond donors (Lipinski definition) is 3. The molecule has 0 aromatic carbocycles. The lowest BCUT2D eigenvalue weighted by Gasteiger charge is -2.37. The summed E-state index contributed by atoms with van der Waals surface area (Å²) in [6.45, 7) is 2.03. The standard InChI is InChI=1S/C15H25NO4/c1-2-10(8-4-3-5-8)15-16-12-11(20-15)6-9(7-17)13(18)14(12)19/h8-14,17-19H,2-7H2,1H3/t9-,10?,11+,12+,13-,14-/m1/s1. The number of aliphatic hydroxyl groups excluding tert-OH is 3. The molecule has 0 spiro atoms. The van der Waals surface area contributed by atoms with Crippen molar-refractivity contribution >= 4 is 5.90 Å². The third-order valence-electron chi connectivity index (χ3n) is 5.36. The van der Waals surface area contributed by atoms with Crippen LogP contribution in [-0.2, 0) is 4.74 Å². The van der Waals surface area contributed by atoms with Crippen LogP contribution in [0.1, 0.15) is 39.0 Å². The van der Waals surface area contributed by atoms with Crippen molar-refractivity contribution in [3.8, 4) is 0 Å². The highest BCUT2D eigenvalue weighted by molar-refractivity contribution is 5.81. The lowest BCUT2D eigenvalue weighted by atomic mass is 9.74. The highest BCUT2D eigenvalue weighted by atomic mass is 16.5. The van der Waals surface area contributed by atoms with E-state index in [0.717, 1.165) is 12.3 Å². The second-order valence-corrected chi connectivity index (χ2v) is 6.48. The lowest BCUT2D eigenvalue weighted by Crippen LogP contribution is -2.52. The molecule has 0 aromatic heterocycles. The molecule has 0 amide bonds. The summed E-state index contributed by atoms with van der Waals surface area (Å²) in [6.07, 6.45) is 3.31. The van der Waals surface area contributed by atoms with E-state index in [1.165, 1.54) is 19.3 Å². The Morgan fingerprint density at radius 2 is 2.05 bits per heavy atom. The Hall–Kier alpha value is -0.650. The minimum absolute atomic E-state index is 0.125. The van der Waals surface area contributed by atoms with Crippen molar-refractivity contribution in [2.45, 2.75) is 63.4 Å². The van der Waals surface area contributed by atoms with Crippen LogP contribution in [0.25, 0.3) is 0 Å². The van der Waals surface area contributed by atoms with Gasteiger partial charge < -0.3 is 20.1 Å². The van der Waals surface area contributed by atoms with E-state index in [2.05, 4.69) is 11.9 Å². The molecule has 0 saturated heterocycles. The van der Waals surface area contributed by atoms with E-state index in [0.29, 0.717) is 18.3 Å². The van der Waals surface area contributed by atoms with Crippen LogP contribution in [0.3, 0.4) is 0 Å². The first kappa shape index (κ1) is 14.3. The Bertz CT molecular complexity index is 382. The van der Waals surface area contributed by atoms with E-state index < -0.39 is 12.2 Å². The van der Waals surface area contributed by atoms with Gasteiger partial charge in [-0.1, -0.05) is 13.3 Å². The van der Waals surface area contributed by atoms with Crippen LogP contribution in [0.2, 0.25) is 0 Å². The van der Waals surface area contributed by atoms with E-state index in [4.69, 9.17) is 4.74 Å². The summed E-state index contributed by atoms with van der Waals surface area (Å²) in [5, 5.41) is 29.5. The van der Waals surface area contributed by atoms with Crippen molar-refractivity contribution < 1.29 is 20.1 Å². The molecule has 0 aromatic rings. The van der Waals surface area contributed by atoms with Crippen LogP contribution in [-0.4, -0.2) is 52.2 Å². The molecule has 1 unspecified atom stereocenters. The van der Waals surface area contributed by atoms with E-state index in [1.54, 1.807) is 0 Å². The van der Waals surface area contributed by atoms with Crippen LogP contribution in [0.15, 0.2) is 4.99 Å². The van der Waals surface area contributed by atoms with Gasteiger partial charge in [-0.3, -0.25) is 0 Å². The molecular formula is C15H25NO4. The monoisotopic (exact) mass is 283 g/mol. The number of nitrogens with zero attached hydrogens (tertiary/aromatic N) is 1. The summed E-state index contributed by atoms with van der Waals surface area (Å²) in [5.74, 6) is 1.47. The third-order valence-corrected chi connectivity index (χ3v) is 5.36. The molecule has 2 fully saturated rings. The molecule has 1 heterocycles. The highest BCUT2D eigenvalue weighted by Crippen LogP contribution is 2.40. The van der Waals surface area contributed by atoms with Gasteiger partial charge in [-0.25, -0.2) is 4.99 Å². The van der Waals surface area contributed by atoms with Crippen molar-refractivity contribution in [3.63, 3.8) is 0 Å². The Labute approximate surface area is 119 Å². The van der Waals surface area contributed by atoms with Crippen molar-refractivity contribution in [1.82, 2.24) is 0 Å². The summed E-state index contributed by atoms with van der Waals surface area (Å²) < 4.78 is 5.99. The van der Waals surface area contributed by atoms with Crippen LogP contribution in [0.5, 0.6) is 0 Å². The minimum atomic E-state index is -0.928. The predicted octanol–water partition coefficient (Wildman–Crippen LogP) is 0.713. The van der Waals surface area contributed by atoms with Crippen LogP contribution in [0.4, 0.5) is 0 Å². The Morgan fingerprint density at radius 3 is 2.60 bits per heavy atom. The van der Waals surface area contributed by atoms with Gasteiger partial charge in [0.1, 0.15) is 18.2 Å². The number of aliphatic hydroxyl groups is 3. The quantitative estimate of drug-likeness (QED) is 0.710. The predicted molar refractivity (Wildman–Crippen MR) is 74.4 cm³/mol. The zero-order valence-electron chi connectivity index (χ0n) is 12.0. The zero-order valence-corrected chi connectivity index (χ0v) is 12.0. The average Bonchev–Trinajstić information content (AvgIpc) is 2.81. The first-order valence-electron chi connectivity index (χ1n) is 7.87. The summed E-state index contributed by atoms with van der Waals surface area (Å²) in [7, 11) is 0. The van der Waals surface area contributed by atoms with Crippen molar-refractivity contribution in [2.75, 3.05) is 6.61 Å². The molecule has 3 aliphatic rings. The Balaban J connectivity index is 1.74. The number of fused-ring (bicyclic) bond motifs is 1. The second-order valence-electron chi connectivity index (χ2n) is 6.48. The zero-order chi connectivity index (χ0) is 14.3. The smallest absolute Gasteiger partial charge is 0.187 e. The van der Waals surface area contributed by atoms with Gasteiger partial charge in [-0.2, -0.15) is 0 Å². The third kappa shape index (κ3) is 2.26. The molecule has 6 atom stereocenters. The van der Waals surface area contributed by atoms with E-state index >= 15 is 0 Å². The molecule has 3 N–H and O–H groups in total. The minimum Gasteiger partial charge on any atom is -0.475 e. The number of rotatable bonds is 4. The normalized spacial score (nSPS) is 42.4. The van der Waals surface area contributed by atoms with E-state index in [1.807, 2.05) is 0 Å². The molecule has 2 saturated carbocycles. The van der Waals surface area contributed by atoms with Gasteiger partial charge >= 0.3 is 0 Å². The number of hydrogen-bond acceptors (Lipinski definition) is 5. The van der Waals surface area contributed by atoms with Gasteiger partial charge in [0.15, 0.2) is 5.90 Å². The molecule has 5 nitrogen and oxygen atoms in total. The molecule has 3 rings (SSSR count). The van der Waals surface area contributed by atoms with Crippen LogP contribution >= 0.6 is 0 Å². The van der Waals surface area contributed by atoms with Crippen LogP contribution < -0.4 is 0 Å². The van der Waals surface area contributed by atoms with Gasteiger partial charge in [0.25, 0.3) is 0 Å². The largest absolute Gasteiger partial charge is 0.475 e. The topological polar surface area (TPSA) is 82.3 Å². The first-order chi connectivity index (χ1) is 9.65. The number of aliphatic imine (C=N–C) groups is 1. The van der Waals surface area contributed by atoms with Gasteiger partial charge in [-0.15, -0.1) is 0 Å². The summed E-state index contributed by atoms with van der Waals surface area (Å²) >= 11 is 0. The molecule has 0 bridgehead atoms. The maximum atomic E-state index is 10.2. The van der Waals surface area contributed by atoms with Gasteiger partial charge in [-0.05, 0) is 31.6 Å². The van der Waals surface area contributed by atoms with Gasteiger partial charge in [0, 0.05) is 18.4 Å². The molecule has 5 heteroatoms. The maximum absolute atomic E-state index is 10.2. The fourth-order valence-corrected chi connectivity index (χ4v) is 3.81. The summed E-state index contributed by atoms with van der Waals surface area (Å²) in [6, 6.07) is -0.364.